The van der Waals surface area contributed by atoms with Crippen LogP contribution in [0.3, 0.4) is 0 Å². The second-order valence-electron chi connectivity index (χ2n) is 6.65. The van der Waals surface area contributed by atoms with Crippen molar-refractivity contribution in [1.29, 1.82) is 0 Å². The molecule has 1 unspecified atom stereocenters. The average molecular weight is 314 g/mol. The van der Waals surface area contributed by atoms with Gasteiger partial charge in [0.2, 0.25) is 0 Å². The molecule has 3 amide bonds. The van der Waals surface area contributed by atoms with Gasteiger partial charge in [0.1, 0.15) is 5.54 Å². The summed E-state index contributed by atoms with van der Waals surface area (Å²) >= 11 is 0. The van der Waals surface area contributed by atoms with Crippen LogP contribution in [0.15, 0.2) is 30.3 Å². The van der Waals surface area contributed by atoms with Crippen LogP contribution in [0.5, 0.6) is 0 Å². The summed E-state index contributed by atoms with van der Waals surface area (Å²) < 4.78 is 0. The Hall–Kier alpha value is -2.17. The monoisotopic (exact) mass is 314 g/mol. The molecule has 1 aliphatic heterocycles. The van der Waals surface area contributed by atoms with Crippen LogP contribution >= 0.6 is 0 Å². The normalized spacial score (nSPS) is 25.5. The minimum atomic E-state index is -0.815. The topological polar surface area (TPSA) is 57.7 Å². The Bertz CT molecular complexity index is 637. The molecule has 0 radical (unpaired) electrons. The van der Waals surface area contributed by atoms with Crippen LogP contribution in [0.25, 0.3) is 0 Å². The molecule has 0 bridgehead atoms. The van der Waals surface area contributed by atoms with Crippen molar-refractivity contribution in [3.8, 4) is 0 Å². The largest absolute Gasteiger partial charge is 0.327 e. The molecular weight excluding hydrogens is 292 g/mol. The number of benzene rings is 1. The third kappa shape index (κ3) is 2.44. The standard InChI is InChI=1S/C18H22N2O3/c1-18(14-10-6-7-11-14)16(22)20(17(23)19(18)2)12-15(21)13-8-4-3-5-9-13/h3-5,8-9,14H,6-7,10-12H2,1-2H3. The van der Waals surface area contributed by atoms with Crippen LogP contribution in [-0.4, -0.2) is 46.7 Å². The summed E-state index contributed by atoms with van der Waals surface area (Å²) in [7, 11) is 1.67. The fraction of sp³-hybridized carbons (Fsp3) is 0.500. The number of rotatable bonds is 4. The second-order valence-corrected chi connectivity index (χ2v) is 6.65. The Morgan fingerprint density at radius 3 is 2.39 bits per heavy atom. The van der Waals surface area contributed by atoms with Crippen molar-refractivity contribution < 1.29 is 14.4 Å². The molecule has 0 spiro atoms. The molecule has 5 heteroatoms. The van der Waals surface area contributed by atoms with E-state index in [0.717, 1.165) is 30.6 Å². The number of urea groups is 1. The van der Waals surface area contributed by atoms with E-state index in [2.05, 4.69) is 0 Å². The predicted octanol–water partition coefficient (Wildman–Crippen LogP) is 2.71. The first-order valence-corrected chi connectivity index (χ1v) is 8.14. The lowest BCUT2D eigenvalue weighted by atomic mass is 9.83. The molecule has 1 aromatic carbocycles. The smallest absolute Gasteiger partial charge is 0.313 e. The van der Waals surface area contributed by atoms with E-state index in [4.69, 9.17) is 0 Å². The third-order valence-electron chi connectivity index (χ3n) is 5.44. The minimum absolute atomic E-state index is 0.181. The van der Waals surface area contributed by atoms with Crippen molar-refractivity contribution in [2.24, 2.45) is 5.92 Å². The zero-order valence-electron chi connectivity index (χ0n) is 13.6. The highest BCUT2D eigenvalue weighted by Crippen LogP contribution is 2.41. The molecule has 23 heavy (non-hydrogen) atoms. The fourth-order valence-electron chi connectivity index (χ4n) is 3.82. The molecule has 0 N–H and O–H groups in total. The van der Waals surface area contributed by atoms with Crippen LogP contribution in [0.1, 0.15) is 43.0 Å². The van der Waals surface area contributed by atoms with Gasteiger partial charge in [-0.05, 0) is 25.7 Å². The van der Waals surface area contributed by atoms with Gasteiger partial charge in [-0.3, -0.25) is 14.5 Å². The van der Waals surface area contributed by atoms with Crippen molar-refractivity contribution in [3.05, 3.63) is 35.9 Å². The number of nitrogens with zero attached hydrogens (tertiary/aromatic N) is 2. The van der Waals surface area contributed by atoms with Gasteiger partial charge in [0.05, 0.1) is 6.54 Å². The molecular formula is C18H22N2O3. The number of hydrogen-bond donors (Lipinski definition) is 0. The highest BCUT2D eigenvalue weighted by molar-refractivity contribution is 6.11. The highest BCUT2D eigenvalue weighted by Gasteiger charge is 2.57. The van der Waals surface area contributed by atoms with Crippen LogP contribution < -0.4 is 0 Å². The predicted molar refractivity (Wildman–Crippen MR) is 86.0 cm³/mol. The summed E-state index contributed by atoms with van der Waals surface area (Å²) in [5, 5.41) is 0. The molecule has 2 aliphatic rings. The first-order valence-electron chi connectivity index (χ1n) is 8.14. The fourth-order valence-corrected chi connectivity index (χ4v) is 3.82. The van der Waals surface area contributed by atoms with Crippen LogP contribution in [0.4, 0.5) is 4.79 Å². The number of hydrogen-bond acceptors (Lipinski definition) is 3. The zero-order chi connectivity index (χ0) is 16.6. The summed E-state index contributed by atoms with van der Waals surface area (Å²) in [5.41, 5.74) is -0.296. The van der Waals surface area contributed by atoms with Gasteiger partial charge in [0.15, 0.2) is 5.78 Å². The quantitative estimate of drug-likeness (QED) is 0.634. The van der Waals surface area contributed by atoms with Gasteiger partial charge in [-0.15, -0.1) is 0 Å². The molecule has 1 saturated heterocycles. The summed E-state index contributed by atoms with van der Waals surface area (Å²) in [5.74, 6) is -0.265. The Morgan fingerprint density at radius 2 is 1.78 bits per heavy atom. The van der Waals surface area contributed by atoms with Crippen molar-refractivity contribution in [3.63, 3.8) is 0 Å². The molecule has 3 rings (SSSR count). The maximum absolute atomic E-state index is 12.9. The lowest BCUT2D eigenvalue weighted by Crippen LogP contribution is -2.50. The maximum atomic E-state index is 12.9. The number of carbonyl (C=O) groups is 3. The molecule has 1 aromatic rings. The van der Waals surface area contributed by atoms with Crippen molar-refractivity contribution in [2.45, 2.75) is 38.1 Å². The first kappa shape index (κ1) is 15.7. The van der Waals surface area contributed by atoms with Crippen molar-refractivity contribution in [2.75, 3.05) is 13.6 Å². The summed E-state index contributed by atoms with van der Waals surface area (Å²) in [4.78, 5) is 40.5. The van der Waals surface area contributed by atoms with Gasteiger partial charge >= 0.3 is 6.03 Å². The van der Waals surface area contributed by atoms with Gasteiger partial charge < -0.3 is 4.90 Å². The van der Waals surface area contributed by atoms with E-state index in [0.29, 0.717) is 5.56 Å². The summed E-state index contributed by atoms with van der Waals surface area (Å²) in [6.07, 6.45) is 4.11. The molecule has 5 nitrogen and oxygen atoms in total. The van der Waals surface area contributed by atoms with Gasteiger partial charge in [-0.1, -0.05) is 43.2 Å². The lowest BCUT2D eigenvalue weighted by Gasteiger charge is -2.34. The number of ketones is 1. The van der Waals surface area contributed by atoms with E-state index in [1.807, 2.05) is 13.0 Å². The van der Waals surface area contributed by atoms with Crippen molar-refractivity contribution in [1.82, 2.24) is 9.80 Å². The van der Waals surface area contributed by atoms with Crippen LogP contribution in [0, 0.1) is 5.92 Å². The summed E-state index contributed by atoms with van der Waals surface area (Å²) in [6.45, 7) is 1.66. The SMILES string of the molecule is CN1C(=O)N(CC(=O)c2ccccc2)C(=O)C1(C)C1CCCC1. The third-order valence-corrected chi connectivity index (χ3v) is 5.44. The Labute approximate surface area is 136 Å². The Balaban J connectivity index is 1.82. The number of imide groups is 1. The van der Waals surface area contributed by atoms with Gasteiger partial charge in [-0.25, -0.2) is 4.79 Å². The molecule has 1 saturated carbocycles. The molecule has 1 atom stereocenters. The molecule has 122 valence electrons. The zero-order valence-corrected chi connectivity index (χ0v) is 13.6. The van der Waals surface area contributed by atoms with E-state index in [-0.39, 0.29) is 30.2 Å². The Morgan fingerprint density at radius 1 is 1.17 bits per heavy atom. The number of likely N-dealkylation sites (N-methyl/N-ethyl adjacent to an activating group) is 1. The highest BCUT2D eigenvalue weighted by atomic mass is 16.2. The molecule has 2 fully saturated rings. The number of carbonyl (C=O) groups excluding carboxylic acids is 3. The van der Waals surface area contributed by atoms with Crippen molar-refractivity contribution >= 4 is 17.7 Å². The minimum Gasteiger partial charge on any atom is -0.313 e. The first-order chi connectivity index (χ1) is 11.0. The Kier molecular flexibility index (Phi) is 3.96. The van der Waals surface area contributed by atoms with Crippen LogP contribution in [-0.2, 0) is 4.79 Å². The second kappa shape index (κ2) is 5.80. The van der Waals surface area contributed by atoms with E-state index >= 15 is 0 Å². The summed E-state index contributed by atoms with van der Waals surface area (Å²) in [6, 6.07) is 8.41. The number of Topliss-reactive ketones (excluding diaryl/α,β-unsaturated/α-hetero) is 1. The lowest BCUT2D eigenvalue weighted by molar-refractivity contribution is -0.134. The van der Waals surface area contributed by atoms with E-state index in [9.17, 15) is 14.4 Å². The molecule has 0 aromatic heterocycles. The van der Waals surface area contributed by atoms with Gasteiger partial charge in [0.25, 0.3) is 5.91 Å². The average Bonchev–Trinajstić information content (AvgIpc) is 3.16. The van der Waals surface area contributed by atoms with Gasteiger partial charge in [0, 0.05) is 12.6 Å². The van der Waals surface area contributed by atoms with E-state index in [1.165, 1.54) is 4.90 Å². The van der Waals surface area contributed by atoms with Gasteiger partial charge in [-0.2, -0.15) is 0 Å². The number of amides is 3. The molecule has 1 aliphatic carbocycles. The van der Waals surface area contributed by atoms with E-state index in [1.54, 1.807) is 31.3 Å². The molecule has 1 heterocycles. The van der Waals surface area contributed by atoms with Crippen LogP contribution in [0.2, 0.25) is 0 Å². The van der Waals surface area contributed by atoms with E-state index < -0.39 is 5.54 Å². The maximum Gasteiger partial charge on any atom is 0.327 e.